The van der Waals surface area contributed by atoms with Crippen LogP contribution in [0.25, 0.3) is 199 Å². The number of benzene rings is 18. The van der Waals surface area contributed by atoms with Gasteiger partial charge in [-0.25, -0.2) is 0 Å². The van der Waals surface area contributed by atoms with E-state index in [4.69, 9.17) is 0 Å². The molecule has 0 aliphatic carbocycles. The van der Waals surface area contributed by atoms with E-state index in [0.29, 0.717) is 0 Å². The maximum atomic E-state index is 2.44. The molecule has 4 heterocycles. The molecule has 0 aliphatic heterocycles. The van der Waals surface area contributed by atoms with Gasteiger partial charge in [0.2, 0.25) is 0 Å². The highest BCUT2D eigenvalue weighted by Crippen LogP contribution is 2.45. The van der Waals surface area contributed by atoms with Crippen LogP contribution in [0.2, 0.25) is 0 Å². The number of fused-ring (bicyclic) bond motifs is 12. The fourth-order valence-corrected chi connectivity index (χ4v) is 17.5. The third-order valence-corrected chi connectivity index (χ3v) is 22.6. The zero-order valence-corrected chi connectivity index (χ0v) is 61.4. The predicted octanol–water partition coefficient (Wildman–Crippen LogP) is 29.1. The molecule has 4 aromatic heterocycles. The summed E-state index contributed by atoms with van der Waals surface area (Å²) >= 11 is 0. The average Bonchev–Trinajstić information content (AvgIpc) is 1.58. The van der Waals surface area contributed by atoms with Gasteiger partial charge < -0.3 is 18.3 Å². The van der Waals surface area contributed by atoms with Crippen LogP contribution >= 0.6 is 0 Å². The summed E-state index contributed by atoms with van der Waals surface area (Å²) in [6.07, 6.45) is 0. The first-order valence-corrected chi connectivity index (χ1v) is 38.5. The molecule has 0 spiro atoms. The molecule has 0 radical (unpaired) electrons. The van der Waals surface area contributed by atoms with Gasteiger partial charge in [-0.2, -0.15) is 0 Å². The Balaban J connectivity index is 0.000000141. The number of para-hydroxylation sites is 4. The Bertz CT molecular complexity index is 7340. The van der Waals surface area contributed by atoms with Gasteiger partial charge in [-0.3, -0.25) is 0 Å². The molecule has 0 saturated heterocycles. The molecular weight excluding hydrogens is 1350 g/mol. The quantitative estimate of drug-likeness (QED) is 0.116. The molecule has 0 saturated carbocycles. The molecule has 22 aromatic rings. The molecule has 0 atom stereocenters. The smallest absolute Gasteiger partial charge is 0.0547 e. The van der Waals surface area contributed by atoms with Gasteiger partial charge in [0, 0.05) is 65.8 Å². The minimum absolute atomic E-state index is 1.14. The molecule has 0 fully saturated rings. The SMILES string of the molecule is c1ccc(-c2ccc(-c3cccc(-n4c5ccccc5c5ccc(-c6cccc7c6c6ccccc6n7-c6cccc(-c7ccccc7)c6)cc54)c3)cc2)cc1.c1ccc(-c2cccc(-c3cccc(-n4c5ccccc5c5ccc(-c6cccc7c6c6ccccc6n7-c6cccc(-c7ccccc7)c6)cc54)c3)c2)cc1. The van der Waals surface area contributed by atoms with Gasteiger partial charge in [0.1, 0.15) is 0 Å². The van der Waals surface area contributed by atoms with Gasteiger partial charge in [0.25, 0.3) is 0 Å². The highest BCUT2D eigenvalue weighted by molar-refractivity contribution is 6.19. The van der Waals surface area contributed by atoms with Crippen LogP contribution in [0.4, 0.5) is 0 Å². The molecule has 524 valence electrons. The Morgan fingerprint density at radius 3 is 0.714 bits per heavy atom. The first kappa shape index (κ1) is 65.5. The van der Waals surface area contributed by atoms with Gasteiger partial charge in [-0.05, 0) is 192 Å². The van der Waals surface area contributed by atoms with Crippen LogP contribution in [-0.2, 0) is 0 Å². The first-order valence-electron chi connectivity index (χ1n) is 38.5. The molecule has 22 rings (SSSR count). The second-order valence-electron chi connectivity index (χ2n) is 29.1. The predicted molar refractivity (Wildman–Crippen MR) is 474 cm³/mol. The van der Waals surface area contributed by atoms with E-state index in [-0.39, 0.29) is 0 Å². The van der Waals surface area contributed by atoms with Crippen LogP contribution in [0.1, 0.15) is 0 Å². The fraction of sp³-hybridized carbons (Fsp3) is 0. The van der Waals surface area contributed by atoms with Crippen LogP contribution in [0.3, 0.4) is 0 Å². The van der Waals surface area contributed by atoms with E-state index >= 15 is 0 Å². The Morgan fingerprint density at radius 1 is 0.116 bits per heavy atom. The van der Waals surface area contributed by atoms with Crippen molar-refractivity contribution in [1.82, 2.24) is 18.3 Å². The zero-order chi connectivity index (χ0) is 74.0. The molecule has 0 N–H and O–H groups in total. The minimum atomic E-state index is 1.14. The topological polar surface area (TPSA) is 19.7 Å². The molecule has 0 aliphatic rings. The van der Waals surface area contributed by atoms with Crippen molar-refractivity contribution in [3.05, 3.63) is 437 Å². The number of hydrogen-bond acceptors (Lipinski definition) is 0. The van der Waals surface area contributed by atoms with Crippen molar-refractivity contribution in [1.29, 1.82) is 0 Å². The summed E-state index contributed by atoms with van der Waals surface area (Å²) < 4.78 is 9.73. The van der Waals surface area contributed by atoms with Crippen molar-refractivity contribution in [3.63, 3.8) is 0 Å². The lowest BCUT2D eigenvalue weighted by Gasteiger charge is -2.13. The molecule has 4 heteroatoms. The van der Waals surface area contributed by atoms with Gasteiger partial charge in [-0.15, -0.1) is 0 Å². The standard InChI is InChI=1S/2C54H36N2/c1-3-15-37(16-4-1)39-19-11-20-40(33-39)42-22-13-24-45(35-42)56-50-28-9-7-25-47(50)48-32-31-43(36-53(48)56)46-27-14-30-52-54(46)49-26-8-10-29-51(49)55(52)44-23-12-21-41(34-44)38-17-5-2-6-18-38;1-3-14-37(15-4-1)39-28-30-40(31-29-39)42-19-12-21-45(35-42)56-50-25-9-7-22-47(50)48-33-32-43(36-53(48)56)46-24-13-27-52-54(46)49-23-8-10-26-51(49)55(52)44-20-11-18-41(34-44)38-16-5-2-6-17-38/h2*1-36H. The lowest BCUT2D eigenvalue weighted by Crippen LogP contribution is -1.95. The molecule has 0 bridgehead atoms. The summed E-state index contributed by atoms with van der Waals surface area (Å²) in [6.45, 7) is 0. The maximum absolute atomic E-state index is 2.44. The van der Waals surface area contributed by atoms with Gasteiger partial charge in [0.05, 0.1) is 44.1 Å². The van der Waals surface area contributed by atoms with Crippen molar-refractivity contribution in [3.8, 4) is 112 Å². The van der Waals surface area contributed by atoms with Crippen LogP contribution in [0.15, 0.2) is 437 Å². The van der Waals surface area contributed by atoms with E-state index in [1.165, 1.54) is 176 Å². The van der Waals surface area contributed by atoms with Crippen molar-refractivity contribution in [2.75, 3.05) is 0 Å². The summed E-state index contributed by atoms with van der Waals surface area (Å²) in [7, 11) is 0. The summed E-state index contributed by atoms with van der Waals surface area (Å²) in [6, 6.07) is 159. The Kier molecular flexibility index (Phi) is 16.2. The Morgan fingerprint density at radius 2 is 0.339 bits per heavy atom. The van der Waals surface area contributed by atoms with Gasteiger partial charge in [0.15, 0.2) is 0 Å². The molecule has 112 heavy (non-hydrogen) atoms. The number of hydrogen-bond donors (Lipinski definition) is 0. The van der Waals surface area contributed by atoms with Crippen molar-refractivity contribution in [2.24, 2.45) is 0 Å². The largest absolute Gasteiger partial charge is 0.309 e. The average molecular weight is 1430 g/mol. The van der Waals surface area contributed by atoms with Crippen LogP contribution < -0.4 is 0 Å². The normalized spacial score (nSPS) is 11.6. The summed E-state index contributed by atoms with van der Waals surface area (Å²) in [5.74, 6) is 0. The molecular formula is C108H72N4. The van der Waals surface area contributed by atoms with E-state index in [2.05, 4.69) is 455 Å². The summed E-state index contributed by atoms with van der Waals surface area (Å²) in [5, 5.41) is 10.00. The van der Waals surface area contributed by atoms with Crippen LogP contribution in [-0.4, -0.2) is 18.3 Å². The van der Waals surface area contributed by atoms with Crippen molar-refractivity contribution in [2.45, 2.75) is 0 Å². The van der Waals surface area contributed by atoms with Crippen LogP contribution in [0, 0.1) is 0 Å². The van der Waals surface area contributed by atoms with Crippen molar-refractivity contribution >= 4 is 87.2 Å². The van der Waals surface area contributed by atoms with E-state index < -0.39 is 0 Å². The van der Waals surface area contributed by atoms with E-state index in [9.17, 15) is 0 Å². The molecule has 18 aromatic carbocycles. The number of rotatable bonds is 12. The Labute approximate surface area is 649 Å². The maximum Gasteiger partial charge on any atom is 0.0547 e. The second-order valence-corrected chi connectivity index (χ2v) is 29.1. The van der Waals surface area contributed by atoms with Crippen molar-refractivity contribution < 1.29 is 0 Å². The lowest BCUT2D eigenvalue weighted by molar-refractivity contribution is 1.18. The van der Waals surface area contributed by atoms with E-state index in [0.717, 1.165) is 22.7 Å². The van der Waals surface area contributed by atoms with E-state index in [1.54, 1.807) is 0 Å². The highest BCUT2D eigenvalue weighted by Gasteiger charge is 2.23. The van der Waals surface area contributed by atoms with Gasteiger partial charge in [-0.1, -0.05) is 334 Å². The molecule has 0 amide bonds. The first-order chi connectivity index (χ1) is 55.6. The monoisotopic (exact) mass is 1420 g/mol. The summed E-state index contributed by atoms with van der Waals surface area (Å²) in [5.41, 5.74) is 33.5. The number of aromatic nitrogens is 4. The lowest BCUT2D eigenvalue weighted by atomic mass is 9.98. The Hall–Kier alpha value is -14.8. The zero-order valence-electron chi connectivity index (χ0n) is 61.4. The third kappa shape index (κ3) is 11.5. The third-order valence-electron chi connectivity index (χ3n) is 22.6. The van der Waals surface area contributed by atoms with Gasteiger partial charge >= 0.3 is 0 Å². The van der Waals surface area contributed by atoms with E-state index in [1.807, 2.05) is 0 Å². The van der Waals surface area contributed by atoms with Crippen LogP contribution in [0.5, 0.6) is 0 Å². The summed E-state index contributed by atoms with van der Waals surface area (Å²) in [4.78, 5) is 0. The molecule has 0 unspecified atom stereocenters. The highest BCUT2D eigenvalue weighted by atomic mass is 15.0. The molecule has 4 nitrogen and oxygen atoms in total. The second kappa shape index (κ2) is 27.7. The fourth-order valence-electron chi connectivity index (χ4n) is 17.5. The number of nitrogens with zero attached hydrogens (tertiary/aromatic N) is 4. The minimum Gasteiger partial charge on any atom is -0.309 e.